The Labute approximate surface area is 284 Å². The van der Waals surface area contributed by atoms with Gasteiger partial charge in [-0.15, -0.1) is 0 Å². The topological polar surface area (TPSA) is 49.9 Å². The Morgan fingerprint density at radius 2 is 0.980 bits per heavy atom. The Kier molecular flexibility index (Phi) is 7.17. The molecule has 232 valence electrons. The quantitative estimate of drug-likeness (QED) is 0.199. The van der Waals surface area contributed by atoms with E-state index in [1.807, 2.05) is 42.5 Å². The molecule has 0 saturated carbocycles. The summed E-state index contributed by atoms with van der Waals surface area (Å²) in [5.41, 5.74) is 11.7. The zero-order valence-corrected chi connectivity index (χ0v) is 26.6. The van der Waals surface area contributed by atoms with Crippen LogP contribution in [0.15, 0.2) is 190 Å². The monoisotopic (exact) mass is 629 g/mol. The van der Waals surface area contributed by atoms with Crippen molar-refractivity contribution in [2.24, 2.45) is 9.98 Å². The molecular weight excluding hydrogens is 599 g/mol. The normalized spacial score (nSPS) is 14.3. The molecule has 4 nitrogen and oxygen atoms in total. The first-order valence-corrected chi connectivity index (χ1v) is 16.5. The predicted octanol–water partition coefficient (Wildman–Crippen LogP) is 11.1. The molecule has 0 amide bonds. The summed E-state index contributed by atoms with van der Waals surface area (Å²) in [5, 5.41) is 5.66. The smallest absolute Gasteiger partial charge is 0.160 e. The van der Waals surface area contributed by atoms with E-state index in [0.29, 0.717) is 5.84 Å². The summed E-state index contributed by atoms with van der Waals surface area (Å²) in [7, 11) is 0. The standard InChI is InChI=1S/C45H31N3O/c1-4-11-30(12-5-1)32-19-21-34(22-20-32)37-27-28-40-39(29-37)42-38(17-10-18-41(42)49-40)45-47-43(35-15-8-3-9-16-35)46-44(48-45)36-25-23-33(24-26-36)31-13-6-2-7-14-31/h1-29,44H,(H,46,47,48). The minimum atomic E-state index is -0.320. The Bertz CT molecular complexity index is 2480. The van der Waals surface area contributed by atoms with E-state index < -0.39 is 0 Å². The van der Waals surface area contributed by atoms with Crippen LogP contribution in [0.1, 0.15) is 22.9 Å². The molecular formula is C45H31N3O. The third-order valence-electron chi connectivity index (χ3n) is 9.18. The number of aliphatic imine (C=N–C) groups is 2. The molecule has 0 spiro atoms. The SMILES string of the molecule is c1ccc(C2=NC(c3cccc4oc5ccc(-c6ccc(-c7ccccc7)cc6)cc5c34)=NC(c3ccc(-c4ccccc4)cc3)N2)cc1. The van der Waals surface area contributed by atoms with Gasteiger partial charge >= 0.3 is 0 Å². The second kappa shape index (κ2) is 12.3. The zero-order chi connectivity index (χ0) is 32.6. The van der Waals surface area contributed by atoms with Crippen molar-refractivity contribution in [1.29, 1.82) is 0 Å². The maximum absolute atomic E-state index is 6.41. The molecule has 8 aromatic rings. The lowest BCUT2D eigenvalue weighted by Gasteiger charge is -2.24. The molecule has 7 aromatic carbocycles. The van der Waals surface area contributed by atoms with E-state index in [9.17, 15) is 0 Å². The van der Waals surface area contributed by atoms with Gasteiger partial charge in [-0.2, -0.15) is 0 Å². The van der Waals surface area contributed by atoms with Crippen molar-refractivity contribution < 1.29 is 4.42 Å². The first-order chi connectivity index (χ1) is 24.3. The van der Waals surface area contributed by atoms with Crippen LogP contribution in [-0.4, -0.2) is 11.7 Å². The number of fused-ring (bicyclic) bond motifs is 3. The third-order valence-corrected chi connectivity index (χ3v) is 9.18. The minimum absolute atomic E-state index is 0.320. The molecule has 9 rings (SSSR count). The molecule has 1 N–H and O–H groups in total. The van der Waals surface area contributed by atoms with E-state index in [1.54, 1.807) is 0 Å². The van der Waals surface area contributed by atoms with Crippen LogP contribution in [0.4, 0.5) is 0 Å². The summed E-state index contributed by atoms with van der Waals surface area (Å²) < 4.78 is 6.41. The second-order valence-electron chi connectivity index (χ2n) is 12.2. The van der Waals surface area contributed by atoms with E-state index in [-0.39, 0.29) is 6.17 Å². The van der Waals surface area contributed by atoms with Crippen molar-refractivity contribution in [3.8, 4) is 33.4 Å². The van der Waals surface area contributed by atoms with Gasteiger partial charge in [0.25, 0.3) is 0 Å². The van der Waals surface area contributed by atoms with Crippen molar-refractivity contribution in [1.82, 2.24) is 5.32 Å². The van der Waals surface area contributed by atoms with Crippen LogP contribution in [-0.2, 0) is 0 Å². The number of nitrogens with zero attached hydrogens (tertiary/aromatic N) is 2. The maximum Gasteiger partial charge on any atom is 0.160 e. The van der Waals surface area contributed by atoms with Crippen LogP contribution in [0, 0.1) is 0 Å². The highest BCUT2D eigenvalue weighted by Crippen LogP contribution is 2.36. The van der Waals surface area contributed by atoms with Crippen molar-refractivity contribution >= 4 is 33.6 Å². The molecule has 1 aliphatic heterocycles. The zero-order valence-electron chi connectivity index (χ0n) is 26.6. The highest BCUT2D eigenvalue weighted by atomic mass is 16.3. The van der Waals surface area contributed by atoms with Crippen LogP contribution in [0.3, 0.4) is 0 Å². The summed E-state index contributed by atoms with van der Waals surface area (Å²) in [4.78, 5) is 10.4. The van der Waals surface area contributed by atoms with Gasteiger partial charge in [0, 0.05) is 21.9 Å². The molecule has 1 aliphatic rings. The average Bonchev–Trinajstić information content (AvgIpc) is 3.57. The fraction of sp³-hybridized carbons (Fsp3) is 0.0222. The van der Waals surface area contributed by atoms with E-state index in [4.69, 9.17) is 14.4 Å². The van der Waals surface area contributed by atoms with Gasteiger partial charge < -0.3 is 9.73 Å². The number of furan rings is 1. The number of amidine groups is 2. The third kappa shape index (κ3) is 5.49. The Hall–Kier alpha value is -6.52. The molecule has 1 atom stereocenters. The van der Waals surface area contributed by atoms with Crippen molar-refractivity contribution in [3.63, 3.8) is 0 Å². The minimum Gasteiger partial charge on any atom is -0.456 e. The Balaban J connectivity index is 1.14. The van der Waals surface area contributed by atoms with E-state index in [0.717, 1.165) is 55.6 Å². The van der Waals surface area contributed by atoms with Crippen molar-refractivity contribution in [3.05, 3.63) is 193 Å². The summed E-state index contributed by atoms with van der Waals surface area (Å²) in [5.74, 6) is 1.45. The Morgan fingerprint density at radius 1 is 0.449 bits per heavy atom. The van der Waals surface area contributed by atoms with Crippen LogP contribution in [0.25, 0.3) is 55.3 Å². The lowest BCUT2D eigenvalue weighted by Crippen LogP contribution is -2.33. The lowest BCUT2D eigenvalue weighted by molar-refractivity contribution is 0.668. The van der Waals surface area contributed by atoms with Crippen molar-refractivity contribution in [2.75, 3.05) is 0 Å². The number of hydrogen-bond donors (Lipinski definition) is 1. The molecule has 0 radical (unpaired) electrons. The van der Waals surface area contributed by atoms with Gasteiger partial charge in [0.15, 0.2) is 5.84 Å². The largest absolute Gasteiger partial charge is 0.456 e. The summed E-state index contributed by atoms with van der Waals surface area (Å²) >= 11 is 0. The molecule has 1 unspecified atom stereocenters. The molecule has 0 aliphatic carbocycles. The molecule has 1 aromatic heterocycles. The molecule has 2 heterocycles. The number of hydrogen-bond acceptors (Lipinski definition) is 4. The van der Waals surface area contributed by atoms with Crippen LogP contribution in [0.5, 0.6) is 0 Å². The molecule has 0 fully saturated rings. The fourth-order valence-electron chi connectivity index (χ4n) is 6.65. The Morgan fingerprint density at radius 3 is 1.61 bits per heavy atom. The maximum atomic E-state index is 6.41. The first kappa shape index (κ1) is 28.7. The summed E-state index contributed by atoms with van der Waals surface area (Å²) in [6.45, 7) is 0. The van der Waals surface area contributed by atoms with Crippen LogP contribution >= 0.6 is 0 Å². The highest BCUT2D eigenvalue weighted by molar-refractivity contribution is 6.22. The van der Waals surface area contributed by atoms with Gasteiger partial charge in [0.1, 0.15) is 23.2 Å². The van der Waals surface area contributed by atoms with E-state index in [1.165, 1.54) is 22.3 Å². The average molecular weight is 630 g/mol. The molecule has 49 heavy (non-hydrogen) atoms. The van der Waals surface area contributed by atoms with Gasteiger partial charge in [-0.1, -0.05) is 158 Å². The molecule has 4 heteroatoms. The number of rotatable bonds is 6. The number of nitrogens with one attached hydrogen (secondary N) is 1. The highest BCUT2D eigenvalue weighted by Gasteiger charge is 2.23. The van der Waals surface area contributed by atoms with Gasteiger partial charge in [0.2, 0.25) is 0 Å². The van der Waals surface area contributed by atoms with Gasteiger partial charge in [-0.05, 0) is 57.1 Å². The van der Waals surface area contributed by atoms with E-state index in [2.05, 4.69) is 139 Å². The molecule has 0 saturated heterocycles. The van der Waals surface area contributed by atoms with Crippen LogP contribution in [0.2, 0.25) is 0 Å². The van der Waals surface area contributed by atoms with Gasteiger partial charge in [0.05, 0.1) is 0 Å². The molecule has 0 bridgehead atoms. The van der Waals surface area contributed by atoms with Gasteiger partial charge in [-0.3, -0.25) is 0 Å². The first-order valence-electron chi connectivity index (χ1n) is 16.5. The second-order valence-corrected chi connectivity index (χ2v) is 12.2. The lowest BCUT2D eigenvalue weighted by atomic mass is 9.98. The van der Waals surface area contributed by atoms with Crippen molar-refractivity contribution in [2.45, 2.75) is 6.17 Å². The van der Waals surface area contributed by atoms with Gasteiger partial charge in [-0.25, -0.2) is 9.98 Å². The van der Waals surface area contributed by atoms with E-state index >= 15 is 0 Å². The summed E-state index contributed by atoms with van der Waals surface area (Å²) in [6, 6.07) is 61.1. The fourth-order valence-corrected chi connectivity index (χ4v) is 6.65. The van der Waals surface area contributed by atoms with Crippen LogP contribution < -0.4 is 5.32 Å². The predicted molar refractivity (Wildman–Crippen MR) is 202 cm³/mol. The number of benzene rings is 7. The summed E-state index contributed by atoms with van der Waals surface area (Å²) in [6.07, 6.45) is -0.320.